The van der Waals surface area contributed by atoms with E-state index < -0.39 is 0 Å². The fourth-order valence-corrected chi connectivity index (χ4v) is 9.55. The maximum Gasteiger partial charge on any atom is 0.0543 e. The Balaban J connectivity index is 1.32. The highest BCUT2D eigenvalue weighted by atomic mass is 15.2. The lowest BCUT2D eigenvalue weighted by molar-refractivity contribution is 0.660. The van der Waals surface area contributed by atoms with Crippen LogP contribution in [0.1, 0.15) is 49.9 Å². The Morgan fingerprint density at radius 2 is 0.736 bits per heavy atom. The molecular formula is C52H41N. The molecule has 0 N–H and O–H groups in total. The lowest BCUT2D eigenvalue weighted by Gasteiger charge is -2.32. The highest BCUT2D eigenvalue weighted by Gasteiger charge is 2.41. The van der Waals surface area contributed by atoms with E-state index in [4.69, 9.17) is 0 Å². The minimum absolute atomic E-state index is 0.124. The van der Waals surface area contributed by atoms with Gasteiger partial charge in [-0.3, -0.25) is 0 Å². The Morgan fingerprint density at radius 1 is 0.321 bits per heavy atom. The van der Waals surface area contributed by atoms with E-state index in [2.05, 4.69) is 209 Å². The molecule has 0 aliphatic heterocycles. The highest BCUT2D eigenvalue weighted by Crippen LogP contribution is 2.59. The molecule has 10 rings (SSSR count). The quantitative estimate of drug-likeness (QED) is 0.175. The molecular weight excluding hydrogens is 639 g/mol. The third-order valence-electron chi connectivity index (χ3n) is 12.1. The topological polar surface area (TPSA) is 3.24 Å². The number of hydrogen-bond acceptors (Lipinski definition) is 1. The summed E-state index contributed by atoms with van der Waals surface area (Å²) in [4.78, 5) is 2.59. The molecule has 2 aliphatic rings. The lowest BCUT2D eigenvalue weighted by atomic mass is 9.82. The maximum absolute atomic E-state index is 2.59. The molecule has 0 unspecified atom stereocenters. The molecule has 8 aromatic carbocycles. The van der Waals surface area contributed by atoms with E-state index in [9.17, 15) is 0 Å². The van der Waals surface area contributed by atoms with Gasteiger partial charge in [0.25, 0.3) is 0 Å². The van der Waals surface area contributed by atoms with Crippen molar-refractivity contribution in [3.8, 4) is 44.5 Å². The molecule has 2 aliphatic carbocycles. The zero-order valence-corrected chi connectivity index (χ0v) is 30.7. The van der Waals surface area contributed by atoms with Crippen molar-refractivity contribution in [1.29, 1.82) is 0 Å². The van der Waals surface area contributed by atoms with E-state index >= 15 is 0 Å². The Kier molecular flexibility index (Phi) is 6.94. The molecule has 254 valence electrons. The molecule has 53 heavy (non-hydrogen) atoms. The molecule has 1 nitrogen and oxygen atoms in total. The molecule has 0 saturated heterocycles. The summed E-state index contributed by atoms with van der Waals surface area (Å²) in [6.45, 7) is 9.50. The normalized spacial score (nSPS) is 14.3. The second-order valence-electron chi connectivity index (χ2n) is 15.7. The number of nitrogens with zero attached hydrogens (tertiary/aromatic N) is 1. The van der Waals surface area contributed by atoms with Crippen LogP contribution in [-0.4, -0.2) is 0 Å². The summed E-state index contributed by atoms with van der Waals surface area (Å²) in [6.07, 6.45) is 0. The Morgan fingerprint density at radius 3 is 1.32 bits per heavy atom. The van der Waals surface area contributed by atoms with E-state index in [1.54, 1.807) is 0 Å². The first kappa shape index (κ1) is 31.5. The highest BCUT2D eigenvalue weighted by molar-refractivity contribution is 6.10. The SMILES string of the molecule is CC1(C)c2ccccc2-c2c(N(c3ccccc3-c3cccc4cccc(-c5ccccc5)c34)c3cccc4c3-c3ccccc3C4(C)C)cccc21. The van der Waals surface area contributed by atoms with Crippen molar-refractivity contribution in [3.63, 3.8) is 0 Å². The van der Waals surface area contributed by atoms with Gasteiger partial charge in [-0.15, -0.1) is 0 Å². The number of rotatable bonds is 5. The first-order valence-corrected chi connectivity index (χ1v) is 18.8. The van der Waals surface area contributed by atoms with Gasteiger partial charge < -0.3 is 4.90 Å². The van der Waals surface area contributed by atoms with Crippen LogP contribution < -0.4 is 4.90 Å². The second kappa shape index (κ2) is 11.7. The molecule has 0 aromatic heterocycles. The van der Waals surface area contributed by atoms with Gasteiger partial charge in [-0.05, 0) is 79.0 Å². The first-order valence-electron chi connectivity index (χ1n) is 18.8. The van der Waals surface area contributed by atoms with Crippen molar-refractivity contribution in [2.45, 2.75) is 38.5 Å². The summed E-state index contributed by atoms with van der Waals surface area (Å²) in [5, 5.41) is 2.50. The molecule has 0 amide bonds. The molecule has 0 saturated carbocycles. The number of hydrogen-bond donors (Lipinski definition) is 0. The molecule has 0 radical (unpaired) electrons. The molecule has 0 spiro atoms. The van der Waals surface area contributed by atoms with Gasteiger partial charge in [0.1, 0.15) is 0 Å². The third-order valence-corrected chi connectivity index (χ3v) is 12.1. The largest absolute Gasteiger partial charge is 0.309 e. The smallest absolute Gasteiger partial charge is 0.0543 e. The Labute approximate surface area is 312 Å². The van der Waals surface area contributed by atoms with Crippen LogP contribution >= 0.6 is 0 Å². The fourth-order valence-electron chi connectivity index (χ4n) is 9.55. The van der Waals surface area contributed by atoms with E-state index in [0.717, 1.165) is 5.69 Å². The van der Waals surface area contributed by atoms with Crippen molar-refractivity contribution >= 4 is 27.8 Å². The van der Waals surface area contributed by atoms with Crippen LogP contribution in [0.2, 0.25) is 0 Å². The average Bonchev–Trinajstić information content (AvgIpc) is 3.58. The summed E-state index contributed by atoms with van der Waals surface area (Å²) in [6, 6.07) is 65.3. The van der Waals surface area contributed by atoms with E-state index in [-0.39, 0.29) is 10.8 Å². The minimum Gasteiger partial charge on any atom is -0.309 e. The van der Waals surface area contributed by atoms with Crippen LogP contribution in [0.3, 0.4) is 0 Å². The van der Waals surface area contributed by atoms with Crippen LogP contribution in [0, 0.1) is 0 Å². The van der Waals surface area contributed by atoms with Gasteiger partial charge in [-0.2, -0.15) is 0 Å². The molecule has 0 heterocycles. The van der Waals surface area contributed by atoms with Gasteiger partial charge in [0.15, 0.2) is 0 Å². The molecule has 0 bridgehead atoms. The van der Waals surface area contributed by atoms with E-state index in [0.29, 0.717) is 0 Å². The van der Waals surface area contributed by atoms with Gasteiger partial charge in [0, 0.05) is 27.5 Å². The van der Waals surface area contributed by atoms with Crippen molar-refractivity contribution in [1.82, 2.24) is 0 Å². The maximum atomic E-state index is 2.59. The molecule has 0 atom stereocenters. The molecule has 0 fully saturated rings. The van der Waals surface area contributed by atoms with Crippen molar-refractivity contribution in [2.24, 2.45) is 0 Å². The predicted molar refractivity (Wildman–Crippen MR) is 225 cm³/mol. The van der Waals surface area contributed by atoms with Gasteiger partial charge in [0.2, 0.25) is 0 Å². The number of anilines is 3. The Bertz CT molecular complexity index is 2620. The third kappa shape index (κ3) is 4.57. The summed E-state index contributed by atoms with van der Waals surface area (Å²) in [5.74, 6) is 0. The average molecular weight is 680 g/mol. The first-order chi connectivity index (χ1) is 25.9. The number of fused-ring (bicyclic) bond motifs is 7. The van der Waals surface area contributed by atoms with Crippen LogP contribution in [0.5, 0.6) is 0 Å². The lowest BCUT2D eigenvalue weighted by Crippen LogP contribution is -2.17. The summed E-state index contributed by atoms with van der Waals surface area (Å²) < 4.78 is 0. The van der Waals surface area contributed by atoms with Gasteiger partial charge in [-0.1, -0.05) is 185 Å². The standard InChI is InChI=1S/C52H41N/c1-51(2)41-27-11-8-23-39(41)49-43(51)29-16-32-46(49)53(47-33-17-30-44-50(47)40-24-9-12-28-42(40)52(44,3)4)45-31-13-10-22-37(45)38-26-15-21-35-20-14-25-36(48(35)38)34-18-6-5-7-19-34/h5-33H,1-4H3. The number of benzene rings is 8. The van der Waals surface area contributed by atoms with Gasteiger partial charge >= 0.3 is 0 Å². The van der Waals surface area contributed by atoms with E-state index in [1.165, 1.54) is 88.9 Å². The predicted octanol–water partition coefficient (Wildman–Crippen LogP) is 14.3. The van der Waals surface area contributed by atoms with Gasteiger partial charge in [-0.25, -0.2) is 0 Å². The van der Waals surface area contributed by atoms with Crippen molar-refractivity contribution in [3.05, 3.63) is 198 Å². The van der Waals surface area contributed by atoms with Crippen LogP contribution in [-0.2, 0) is 10.8 Å². The van der Waals surface area contributed by atoms with Gasteiger partial charge in [0.05, 0.1) is 17.1 Å². The van der Waals surface area contributed by atoms with Crippen LogP contribution in [0.4, 0.5) is 17.1 Å². The van der Waals surface area contributed by atoms with Crippen molar-refractivity contribution < 1.29 is 0 Å². The monoisotopic (exact) mass is 679 g/mol. The Hall–Kier alpha value is -6.18. The molecule has 8 aromatic rings. The van der Waals surface area contributed by atoms with E-state index in [1.807, 2.05) is 0 Å². The zero-order valence-electron chi connectivity index (χ0n) is 30.7. The van der Waals surface area contributed by atoms with Crippen molar-refractivity contribution in [2.75, 3.05) is 4.90 Å². The fraction of sp³-hybridized carbons (Fsp3) is 0.115. The summed E-state index contributed by atoms with van der Waals surface area (Å²) in [5.41, 5.74) is 18.9. The summed E-state index contributed by atoms with van der Waals surface area (Å²) >= 11 is 0. The second-order valence-corrected chi connectivity index (χ2v) is 15.7. The molecule has 1 heteroatoms. The number of para-hydroxylation sites is 1. The minimum atomic E-state index is -0.124. The summed E-state index contributed by atoms with van der Waals surface area (Å²) in [7, 11) is 0. The van der Waals surface area contributed by atoms with Crippen LogP contribution in [0.25, 0.3) is 55.3 Å². The zero-order chi connectivity index (χ0) is 35.9. The van der Waals surface area contributed by atoms with Crippen LogP contribution in [0.15, 0.2) is 176 Å².